The summed E-state index contributed by atoms with van der Waals surface area (Å²) in [6.45, 7) is 3.17. The molecular weight excluding hydrogens is 393 g/mol. The Labute approximate surface area is 171 Å². The van der Waals surface area contributed by atoms with Gasteiger partial charge in [0.25, 0.3) is 11.8 Å². The molecular formula is C23H19F3N2O2. The quantitative estimate of drug-likeness (QED) is 0.719. The van der Waals surface area contributed by atoms with Gasteiger partial charge in [0.05, 0.1) is 11.1 Å². The van der Waals surface area contributed by atoms with Gasteiger partial charge in [0.15, 0.2) is 0 Å². The van der Waals surface area contributed by atoms with Crippen LogP contribution < -0.4 is 10.6 Å². The molecule has 0 aromatic heterocycles. The number of carbonyl (C=O) groups is 2. The summed E-state index contributed by atoms with van der Waals surface area (Å²) in [6, 6.07) is 7.75. The molecule has 0 heterocycles. The molecule has 2 N–H and O–H groups in total. The van der Waals surface area contributed by atoms with Crippen molar-refractivity contribution in [3.05, 3.63) is 94.4 Å². The van der Waals surface area contributed by atoms with Crippen molar-refractivity contribution in [1.29, 1.82) is 0 Å². The lowest BCUT2D eigenvalue weighted by Gasteiger charge is -2.12. The zero-order valence-corrected chi connectivity index (χ0v) is 16.4. The van der Waals surface area contributed by atoms with Crippen molar-refractivity contribution < 1.29 is 22.8 Å². The molecule has 2 aromatic carbocycles. The van der Waals surface area contributed by atoms with E-state index in [2.05, 4.69) is 10.6 Å². The molecule has 154 valence electrons. The third-order valence-electron chi connectivity index (χ3n) is 4.56. The molecule has 0 spiro atoms. The standard InChI is InChI=1S/C23H19F3N2O2/c1-13-12-20(14(2)11-19(13)25)28-23(30)18-6-4-3-5-17(21(18)26)22(29)27-16-9-7-15(24)8-10-16/h3,5-12H,4H2,1-2H3,(H,27,29)(H,28,30). The molecule has 0 aliphatic heterocycles. The lowest BCUT2D eigenvalue weighted by atomic mass is 10.1. The predicted molar refractivity (Wildman–Crippen MR) is 110 cm³/mol. The van der Waals surface area contributed by atoms with Gasteiger partial charge in [-0.3, -0.25) is 9.59 Å². The number of benzene rings is 2. The maximum absolute atomic E-state index is 15.1. The predicted octanol–water partition coefficient (Wildman–Crippen LogP) is 5.27. The van der Waals surface area contributed by atoms with Gasteiger partial charge in [-0.2, -0.15) is 0 Å². The van der Waals surface area contributed by atoms with E-state index in [1.165, 1.54) is 36.4 Å². The van der Waals surface area contributed by atoms with Gasteiger partial charge in [-0.1, -0.05) is 18.2 Å². The lowest BCUT2D eigenvalue weighted by molar-refractivity contribution is -0.112. The number of allylic oxidation sites excluding steroid dienone is 2. The molecule has 30 heavy (non-hydrogen) atoms. The van der Waals surface area contributed by atoms with Crippen molar-refractivity contribution in [2.45, 2.75) is 20.3 Å². The minimum atomic E-state index is -0.989. The van der Waals surface area contributed by atoms with Crippen LogP contribution in [0, 0.1) is 25.5 Å². The number of amides is 2. The number of rotatable bonds is 4. The Balaban J connectivity index is 1.85. The average molecular weight is 412 g/mol. The second-order valence-corrected chi connectivity index (χ2v) is 6.81. The molecule has 1 aliphatic rings. The summed E-state index contributed by atoms with van der Waals surface area (Å²) in [7, 11) is 0. The van der Waals surface area contributed by atoms with Crippen molar-refractivity contribution in [3.63, 3.8) is 0 Å². The average Bonchev–Trinajstić information content (AvgIpc) is 2.89. The van der Waals surface area contributed by atoms with E-state index >= 15 is 4.39 Å². The monoisotopic (exact) mass is 412 g/mol. The highest BCUT2D eigenvalue weighted by Gasteiger charge is 2.23. The van der Waals surface area contributed by atoms with Crippen LogP contribution in [0.25, 0.3) is 0 Å². The van der Waals surface area contributed by atoms with Crippen molar-refractivity contribution >= 4 is 23.2 Å². The number of aryl methyl sites for hydroxylation is 2. The molecule has 0 atom stereocenters. The summed E-state index contributed by atoms with van der Waals surface area (Å²) >= 11 is 0. The Morgan fingerprint density at radius 2 is 1.60 bits per heavy atom. The molecule has 4 nitrogen and oxygen atoms in total. The first kappa shape index (κ1) is 21.1. The van der Waals surface area contributed by atoms with Crippen molar-refractivity contribution in [1.82, 2.24) is 0 Å². The molecule has 2 aromatic rings. The van der Waals surface area contributed by atoms with Crippen molar-refractivity contribution in [3.8, 4) is 0 Å². The number of nitrogens with one attached hydrogen (secondary N) is 2. The van der Waals surface area contributed by atoms with E-state index < -0.39 is 29.3 Å². The van der Waals surface area contributed by atoms with Crippen LogP contribution in [-0.4, -0.2) is 11.8 Å². The van der Waals surface area contributed by atoms with Gasteiger partial charge in [0, 0.05) is 11.4 Å². The van der Waals surface area contributed by atoms with E-state index in [4.69, 9.17) is 0 Å². The first-order chi connectivity index (χ1) is 14.3. The van der Waals surface area contributed by atoms with E-state index in [9.17, 15) is 18.4 Å². The minimum absolute atomic E-state index is 0.241. The molecule has 0 saturated carbocycles. The van der Waals surface area contributed by atoms with Gasteiger partial charge in [0.2, 0.25) is 0 Å². The molecule has 0 unspecified atom stereocenters. The Morgan fingerprint density at radius 1 is 0.900 bits per heavy atom. The van der Waals surface area contributed by atoms with Crippen LogP contribution in [-0.2, 0) is 9.59 Å². The maximum Gasteiger partial charge on any atom is 0.258 e. The molecule has 3 rings (SSSR count). The van der Waals surface area contributed by atoms with Gasteiger partial charge in [0.1, 0.15) is 17.5 Å². The highest BCUT2D eigenvalue weighted by molar-refractivity contribution is 6.12. The highest BCUT2D eigenvalue weighted by Crippen LogP contribution is 2.26. The first-order valence-corrected chi connectivity index (χ1v) is 9.18. The molecule has 0 radical (unpaired) electrons. The fraction of sp³-hybridized carbons (Fsp3) is 0.130. The van der Waals surface area contributed by atoms with Crippen LogP contribution >= 0.6 is 0 Å². The summed E-state index contributed by atoms with van der Waals surface area (Å²) in [6.07, 6.45) is 4.45. The van der Waals surface area contributed by atoms with Gasteiger partial charge in [-0.05, 0) is 67.8 Å². The third-order valence-corrected chi connectivity index (χ3v) is 4.56. The fourth-order valence-corrected chi connectivity index (χ4v) is 2.88. The normalized spacial score (nSPS) is 13.6. The number of carbonyl (C=O) groups excluding carboxylic acids is 2. The van der Waals surface area contributed by atoms with Crippen LogP contribution in [0.15, 0.2) is 71.6 Å². The molecule has 0 saturated heterocycles. The summed E-state index contributed by atoms with van der Waals surface area (Å²) < 4.78 is 41.8. The van der Waals surface area contributed by atoms with Gasteiger partial charge < -0.3 is 10.6 Å². The molecule has 0 bridgehead atoms. The van der Waals surface area contributed by atoms with E-state index in [-0.39, 0.29) is 23.3 Å². The topological polar surface area (TPSA) is 58.2 Å². The fourth-order valence-electron chi connectivity index (χ4n) is 2.88. The molecule has 7 heteroatoms. The number of halogens is 3. The van der Waals surface area contributed by atoms with Gasteiger partial charge >= 0.3 is 0 Å². The summed E-state index contributed by atoms with van der Waals surface area (Å²) in [5.74, 6) is -3.39. The van der Waals surface area contributed by atoms with E-state index in [1.807, 2.05) is 0 Å². The van der Waals surface area contributed by atoms with Gasteiger partial charge in [-0.15, -0.1) is 0 Å². The minimum Gasteiger partial charge on any atom is -0.322 e. The Bertz CT molecular complexity index is 1100. The van der Waals surface area contributed by atoms with E-state index in [1.54, 1.807) is 19.9 Å². The van der Waals surface area contributed by atoms with Gasteiger partial charge in [-0.25, -0.2) is 13.2 Å². The van der Waals surface area contributed by atoms with Crippen LogP contribution in [0.2, 0.25) is 0 Å². The summed E-state index contributed by atoms with van der Waals surface area (Å²) in [4.78, 5) is 25.2. The first-order valence-electron chi connectivity index (χ1n) is 9.18. The smallest absolute Gasteiger partial charge is 0.258 e. The van der Waals surface area contributed by atoms with Crippen LogP contribution in [0.5, 0.6) is 0 Å². The lowest BCUT2D eigenvalue weighted by Crippen LogP contribution is -2.19. The second kappa shape index (κ2) is 8.82. The second-order valence-electron chi connectivity index (χ2n) is 6.81. The number of hydrogen-bond donors (Lipinski definition) is 2. The largest absolute Gasteiger partial charge is 0.322 e. The Hall–Kier alpha value is -3.61. The number of hydrogen-bond acceptors (Lipinski definition) is 2. The van der Waals surface area contributed by atoms with Crippen LogP contribution in [0.4, 0.5) is 24.5 Å². The highest BCUT2D eigenvalue weighted by atomic mass is 19.1. The Morgan fingerprint density at radius 3 is 2.30 bits per heavy atom. The molecule has 2 amide bonds. The van der Waals surface area contributed by atoms with Crippen molar-refractivity contribution in [2.75, 3.05) is 10.6 Å². The van der Waals surface area contributed by atoms with Crippen molar-refractivity contribution in [2.24, 2.45) is 0 Å². The molecule has 0 fully saturated rings. The van der Waals surface area contributed by atoms with Crippen LogP contribution in [0.3, 0.4) is 0 Å². The SMILES string of the molecule is Cc1cc(NC(=O)C2=CCC=CC(C(=O)Nc3ccc(F)cc3)=C2F)c(C)cc1F. The van der Waals surface area contributed by atoms with E-state index in [0.29, 0.717) is 16.8 Å². The van der Waals surface area contributed by atoms with Crippen LogP contribution in [0.1, 0.15) is 17.5 Å². The number of anilines is 2. The Kier molecular flexibility index (Phi) is 6.20. The van der Waals surface area contributed by atoms with E-state index in [0.717, 1.165) is 12.1 Å². The zero-order valence-electron chi connectivity index (χ0n) is 16.4. The summed E-state index contributed by atoms with van der Waals surface area (Å²) in [5.41, 5.74) is 0.824. The zero-order chi connectivity index (χ0) is 21.8. The summed E-state index contributed by atoms with van der Waals surface area (Å²) in [5, 5.41) is 5.05. The maximum atomic E-state index is 15.1. The molecule has 1 aliphatic carbocycles. The third kappa shape index (κ3) is 4.68.